The SMILES string of the molecule is CCC1(O)CCN(c2ccc3nccc(C(=O)NCC(=O)N4CSC[C@H]4C(C)=N)c3c2)CC1. The monoisotopic (exact) mass is 469 g/mol. The van der Waals surface area contributed by atoms with Crippen molar-refractivity contribution < 1.29 is 14.7 Å². The lowest BCUT2D eigenvalue weighted by atomic mass is 9.89. The van der Waals surface area contributed by atoms with Gasteiger partial charge in [-0.05, 0) is 50.5 Å². The summed E-state index contributed by atoms with van der Waals surface area (Å²) < 4.78 is 0. The molecule has 1 atom stereocenters. The van der Waals surface area contributed by atoms with Crippen LogP contribution in [-0.4, -0.2) is 75.4 Å². The average Bonchev–Trinajstić information content (AvgIpc) is 3.33. The van der Waals surface area contributed by atoms with Gasteiger partial charge in [0.2, 0.25) is 5.91 Å². The van der Waals surface area contributed by atoms with Gasteiger partial charge in [-0.15, -0.1) is 11.8 Å². The van der Waals surface area contributed by atoms with Crippen molar-refractivity contribution in [2.75, 3.05) is 36.2 Å². The molecule has 176 valence electrons. The van der Waals surface area contributed by atoms with Crippen LogP contribution in [0.4, 0.5) is 5.69 Å². The maximum absolute atomic E-state index is 13.0. The normalized spacial score (nSPS) is 20.2. The summed E-state index contributed by atoms with van der Waals surface area (Å²) in [5.41, 5.74) is 2.07. The second kappa shape index (κ2) is 9.69. The Morgan fingerprint density at radius 3 is 2.76 bits per heavy atom. The summed E-state index contributed by atoms with van der Waals surface area (Å²) in [5, 5.41) is 21.9. The van der Waals surface area contributed by atoms with Crippen LogP contribution in [0.15, 0.2) is 30.5 Å². The zero-order valence-corrected chi connectivity index (χ0v) is 20.0. The summed E-state index contributed by atoms with van der Waals surface area (Å²) in [6.07, 6.45) is 3.79. The molecule has 2 aliphatic heterocycles. The van der Waals surface area contributed by atoms with Gasteiger partial charge in [0.05, 0.1) is 35.1 Å². The van der Waals surface area contributed by atoms with Gasteiger partial charge in [0.1, 0.15) is 0 Å². The Morgan fingerprint density at radius 1 is 1.30 bits per heavy atom. The number of nitrogens with zero attached hydrogens (tertiary/aromatic N) is 3. The molecule has 0 saturated carbocycles. The minimum atomic E-state index is -0.588. The first-order valence-electron chi connectivity index (χ1n) is 11.4. The molecule has 0 aliphatic carbocycles. The first-order chi connectivity index (χ1) is 15.8. The van der Waals surface area contributed by atoms with Crippen LogP contribution in [0.5, 0.6) is 0 Å². The maximum atomic E-state index is 13.0. The number of carbonyl (C=O) groups is 2. The number of carbonyl (C=O) groups excluding carboxylic acids is 2. The smallest absolute Gasteiger partial charge is 0.252 e. The largest absolute Gasteiger partial charge is 0.390 e. The standard InChI is InChI=1S/C24H31N5O3S/c1-3-24(32)7-10-28(11-8-24)17-4-5-20-19(12-17)18(6-9-26-20)23(31)27-13-22(30)29-15-33-14-21(29)16(2)25/h4-6,9,12,21,25,32H,3,7-8,10-11,13-15H2,1-2H3,(H,27,31)/t21-/m0/s1. The number of anilines is 1. The van der Waals surface area contributed by atoms with E-state index in [0.717, 1.165) is 54.7 Å². The summed E-state index contributed by atoms with van der Waals surface area (Å²) in [5.74, 6) is 0.765. The molecule has 1 aromatic carbocycles. The second-order valence-electron chi connectivity index (χ2n) is 8.87. The Bertz CT molecular complexity index is 1070. The van der Waals surface area contributed by atoms with Crippen LogP contribution in [0.2, 0.25) is 0 Å². The number of thioether (sulfide) groups is 1. The van der Waals surface area contributed by atoms with E-state index in [2.05, 4.69) is 15.2 Å². The Hall–Kier alpha value is -2.65. The third-order valence-electron chi connectivity index (χ3n) is 6.79. The average molecular weight is 470 g/mol. The molecule has 2 amide bonds. The van der Waals surface area contributed by atoms with E-state index in [4.69, 9.17) is 5.41 Å². The molecule has 1 aromatic heterocycles. The van der Waals surface area contributed by atoms with Crippen molar-refractivity contribution in [3.63, 3.8) is 0 Å². The van der Waals surface area contributed by atoms with E-state index in [-0.39, 0.29) is 24.4 Å². The van der Waals surface area contributed by atoms with Crippen LogP contribution in [0.3, 0.4) is 0 Å². The van der Waals surface area contributed by atoms with Gasteiger partial charge in [0.15, 0.2) is 0 Å². The van der Waals surface area contributed by atoms with Crippen LogP contribution in [0, 0.1) is 5.41 Å². The van der Waals surface area contributed by atoms with Crippen molar-refractivity contribution in [2.24, 2.45) is 0 Å². The van der Waals surface area contributed by atoms with Crippen molar-refractivity contribution in [1.82, 2.24) is 15.2 Å². The van der Waals surface area contributed by atoms with Crippen molar-refractivity contribution >= 4 is 45.9 Å². The van der Waals surface area contributed by atoms with E-state index >= 15 is 0 Å². The molecular weight excluding hydrogens is 438 g/mol. The summed E-state index contributed by atoms with van der Waals surface area (Å²) in [4.78, 5) is 33.9. The van der Waals surface area contributed by atoms with Crippen LogP contribution in [0.25, 0.3) is 10.9 Å². The molecule has 2 aliphatic rings. The maximum Gasteiger partial charge on any atom is 0.252 e. The highest BCUT2D eigenvalue weighted by atomic mass is 32.2. The molecule has 9 heteroatoms. The van der Waals surface area contributed by atoms with Gasteiger partial charge < -0.3 is 25.6 Å². The fraction of sp³-hybridized carbons (Fsp3) is 0.500. The number of hydrogen-bond acceptors (Lipinski definition) is 7. The summed E-state index contributed by atoms with van der Waals surface area (Å²) >= 11 is 1.62. The van der Waals surface area contributed by atoms with Crippen LogP contribution in [-0.2, 0) is 4.79 Å². The van der Waals surface area contributed by atoms with E-state index < -0.39 is 5.60 Å². The van der Waals surface area contributed by atoms with Gasteiger partial charge in [0.25, 0.3) is 5.91 Å². The number of pyridine rings is 1. The Morgan fingerprint density at radius 2 is 2.06 bits per heavy atom. The summed E-state index contributed by atoms with van der Waals surface area (Å²) in [6, 6.07) is 7.36. The van der Waals surface area contributed by atoms with Gasteiger partial charge in [0, 0.05) is 41.8 Å². The predicted octanol–water partition coefficient (Wildman–Crippen LogP) is 2.65. The molecule has 0 spiro atoms. The molecule has 3 N–H and O–H groups in total. The van der Waals surface area contributed by atoms with Gasteiger partial charge in [-0.2, -0.15) is 0 Å². The van der Waals surface area contributed by atoms with E-state index in [0.29, 0.717) is 17.2 Å². The number of benzene rings is 1. The first-order valence-corrected chi connectivity index (χ1v) is 12.5. The van der Waals surface area contributed by atoms with E-state index in [9.17, 15) is 14.7 Å². The third-order valence-corrected chi connectivity index (χ3v) is 7.80. The molecular formula is C24H31N5O3S. The lowest BCUT2D eigenvalue weighted by Gasteiger charge is -2.39. The molecule has 3 heterocycles. The Balaban J connectivity index is 1.48. The number of fused-ring (bicyclic) bond motifs is 1. The Labute approximate surface area is 198 Å². The molecule has 0 unspecified atom stereocenters. The molecule has 33 heavy (non-hydrogen) atoms. The molecule has 0 radical (unpaired) electrons. The molecule has 2 fully saturated rings. The quantitative estimate of drug-likeness (QED) is 0.561. The highest BCUT2D eigenvalue weighted by Crippen LogP contribution is 2.30. The van der Waals surface area contributed by atoms with Crippen molar-refractivity contribution in [2.45, 2.75) is 44.8 Å². The molecule has 4 rings (SSSR count). The molecule has 0 bridgehead atoms. The highest BCUT2D eigenvalue weighted by Gasteiger charge is 2.31. The summed E-state index contributed by atoms with van der Waals surface area (Å²) in [7, 11) is 0. The van der Waals surface area contributed by atoms with E-state index in [1.165, 1.54) is 0 Å². The number of piperidine rings is 1. The van der Waals surface area contributed by atoms with Crippen molar-refractivity contribution in [1.29, 1.82) is 5.41 Å². The lowest BCUT2D eigenvalue weighted by molar-refractivity contribution is -0.129. The van der Waals surface area contributed by atoms with E-state index in [1.54, 1.807) is 35.8 Å². The second-order valence-corrected chi connectivity index (χ2v) is 9.87. The van der Waals surface area contributed by atoms with E-state index in [1.807, 2.05) is 25.1 Å². The number of aromatic nitrogens is 1. The molecule has 2 saturated heterocycles. The topological polar surface area (TPSA) is 110 Å². The molecule has 8 nitrogen and oxygen atoms in total. The number of rotatable bonds is 6. The summed E-state index contributed by atoms with van der Waals surface area (Å²) in [6.45, 7) is 5.14. The van der Waals surface area contributed by atoms with Gasteiger partial charge in [-0.3, -0.25) is 14.6 Å². The minimum Gasteiger partial charge on any atom is -0.390 e. The number of aliphatic hydroxyl groups is 1. The van der Waals surface area contributed by atoms with Gasteiger partial charge in [-0.25, -0.2) is 0 Å². The van der Waals surface area contributed by atoms with Crippen LogP contribution in [0.1, 0.15) is 43.5 Å². The number of nitrogens with one attached hydrogen (secondary N) is 2. The zero-order valence-electron chi connectivity index (χ0n) is 19.1. The highest BCUT2D eigenvalue weighted by molar-refractivity contribution is 7.99. The number of amides is 2. The van der Waals surface area contributed by atoms with Gasteiger partial charge >= 0.3 is 0 Å². The Kier molecular flexibility index (Phi) is 6.90. The molecule has 2 aromatic rings. The fourth-order valence-corrected chi connectivity index (χ4v) is 5.74. The third kappa shape index (κ3) is 4.99. The number of hydrogen-bond donors (Lipinski definition) is 3. The van der Waals surface area contributed by atoms with Crippen LogP contribution >= 0.6 is 11.8 Å². The first kappa shape index (κ1) is 23.5. The lowest BCUT2D eigenvalue weighted by Crippen LogP contribution is -2.45. The predicted molar refractivity (Wildman–Crippen MR) is 132 cm³/mol. The van der Waals surface area contributed by atoms with Crippen LogP contribution < -0.4 is 10.2 Å². The zero-order chi connectivity index (χ0) is 23.6. The van der Waals surface area contributed by atoms with Crippen molar-refractivity contribution in [3.8, 4) is 0 Å². The minimum absolute atomic E-state index is 0.103. The van der Waals surface area contributed by atoms with Gasteiger partial charge in [-0.1, -0.05) is 6.92 Å². The van der Waals surface area contributed by atoms with Crippen molar-refractivity contribution in [3.05, 3.63) is 36.0 Å². The fourth-order valence-electron chi connectivity index (χ4n) is 4.46.